The lowest BCUT2D eigenvalue weighted by atomic mass is 9.93. The molecule has 0 fully saturated rings. The van der Waals surface area contributed by atoms with Crippen molar-refractivity contribution in [2.24, 2.45) is 5.73 Å². The number of halogens is 4. The van der Waals surface area contributed by atoms with Crippen LogP contribution in [0.4, 0.5) is 13.2 Å². The summed E-state index contributed by atoms with van der Waals surface area (Å²) in [5.41, 5.74) is 6.04. The fraction of sp³-hybridized carbons (Fsp3) is 0.435. The third-order valence-corrected chi connectivity index (χ3v) is 5.24. The Labute approximate surface area is 190 Å². The predicted molar refractivity (Wildman–Crippen MR) is 116 cm³/mol. The molecule has 176 valence electrons. The zero-order valence-electron chi connectivity index (χ0n) is 18.1. The van der Waals surface area contributed by atoms with Crippen LogP contribution >= 0.6 is 11.6 Å². The Hall–Kier alpha value is -2.45. The van der Waals surface area contributed by atoms with Gasteiger partial charge in [-0.2, -0.15) is 13.2 Å². The molecule has 0 bridgehead atoms. The van der Waals surface area contributed by atoms with Gasteiger partial charge in [0.25, 0.3) is 0 Å². The van der Waals surface area contributed by atoms with E-state index in [0.29, 0.717) is 35.4 Å². The largest absolute Gasteiger partial charge is 0.507 e. The van der Waals surface area contributed by atoms with E-state index in [9.17, 15) is 23.1 Å². The number of rotatable bonds is 9. The molecule has 2 atom stereocenters. The monoisotopic (exact) mass is 473 g/mol. The van der Waals surface area contributed by atoms with E-state index in [0.717, 1.165) is 0 Å². The summed E-state index contributed by atoms with van der Waals surface area (Å²) in [6, 6.07) is 5.21. The van der Waals surface area contributed by atoms with Gasteiger partial charge in [-0.25, -0.2) is 4.79 Å². The Morgan fingerprint density at radius 3 is 2.25 bits per heavy atom. The van der Waals surface area contributed by atoms with Gasteiger partial charge < -0.3 is 20.3 Å². The van der Waals surface area contributed by atoms with Gasteiger partial charge in [-0.3, -0.25) is 0 Å². The molecule has 0 aliphatic rings. The fourth-order valence-electron chi connectivity index (χ4n) is 3.41. The van der Waals surface area contributed by atoms with Crippen LogP contribution < -0.4 is 10.5 Å². The van der Waals surface area contributed by atoms with Crippen LogP contribution in [0, 0.1) is 0 Å². The van der Waals surface area contributed by atoms with Gasteiger partial charge in [0.05, 0.1) is 7.11 Å². The van der Waals surface area contributed by atoms with Gasteiger partial charge in [0.2, 0.25) is 6.10 Å². The second kappa shape index (κ2) is 10.9. The van der Waals surface area contributed by atoms with Crippen LogP contribution in [0.1, 0.15) is 61.1 Å². The highest BCUT2D eigenvalue weighted by Crippen LogP contribution is 2.44. The Bertz CT molecular complexity index is 932. The number of aromatic hydroxyl groups is 1. The minimum Gasteiger partial charge on any atom is -0.507 e. The van der Waals surface area contributed by atoms with E-state index in [-0.39, 0.29) is 17.7 Å². The predicted octanol–water partition coefficient (Wildman–Crippen LogP) is 5.81. The number of alkyl halides is 3. The maximum atomic E-state index is 13.3. The number of benzene rings is 2. The number of hydrogen-bond acceptors (Lipinski definition) is 5. The van der Waals surface area contributed by atoms with Crippen molar-refractivity contribution in [1.29, 1.82) is 0 Å². The highest BCUT2D eigenvalue weighted by Gasteiger charge is 2.40. The first-order chi connectivity index (χ1) is 15.0. The molecule has 0 aliphatic carbocycles. The molecule has 9 heteroatoms. The van der Waals surface area contributed by atoms with Crippen LogP contribution in [-0.4, -0.2) is 24.4 Å². The summed E-state index contributed by atoms with van der Waals surface area (Å²) in [6.07, 6.45) is -4.24. The average molecular weight is 474 g/mol. The van der Waals surface area contributed by atoms with Crippen LogP contribution in [0.25, 0.3) is 0 Å². The lowest BCUT2D eigenvalue weighted by molar-refractivity contribution is -0.149. The number of hydrogen-bond donors (Lipinski definition) is 2. The SMILES string of the molecule is CCCc1cc(C(N)C(F)(F)F)c(O)c(CCC)c1OC(C(=O)OC)c1ccc(Cl)cc1. The van der Waals surface area contributed by atoms with Crippen molar-refractivity contribution in [2.45, 2.75) is 57.9 Å². The Kier molecular flexibility index (Phi) is 8.81. The molecule has 5 nitrogen and oxygen atoms in total. The third-order valence-electron chi connectivity index (χ3n) is 4.99. The summed E-state index contributed by atoms with van der Waals surface area (Å²) >= 11 is 5.93. The van der Waals surface area contributed by atoms with Crippen molar-refractivity contribution in [3.8, 4) is 11.5 Å². The summed E-state index contributed by atoms with van der Waals surface area (Å²) in [4.78, 5) is 12.5. The number of esters is 1. The molecule has 0 spiro atoms. The molecule has 2 aromatic carbocycles. The van der Waals surface area contributed by atoms with Crippen LogP contribution in [0.2, 0.25) is 5.02 Å². The van der Waals surface area contributed by atoms with Gasteiger partial charge in [-0.15, -0.1) is 0 Å². The lowest BCUT2D eigenvalue weighted by Crippen LogP contribution is -2.29. The number of carbonyl (C=O) groups excluding carboxylic acids is 1. The standard InChI is InChI=1S/C23H27ClF3NO4/c1-4-6-14-12-17(21(28)23(25,26)27)18(29)16(7-5-2)19(14)32-20(22(30)31-3)13-8-10-15(24)11-9-13/h8-12,20-21,29H,4-7,28H2,1-3H3. The zero-order chi connectivity index (χ0) is 24.1. The van der Waals surface area contributed by atoms with Crippen LogP contribution in [0.15, 0.2) is 30.3 Å². The first-order valence-electron chi connectivity index (χ1n) is 10.2. The zero-order valence-corrected chi connectivity index (χ0v) is 18.9. The molecule has 0 amide bonds. The van der Waals surface area contributed by atoms with Gasteiger partial charge in [0, 0.05) is 21.7 Å². The van der Waals surface area contributed by atoms with E-state index in [1.807, 2.05) is 13.8 Å². The molecule has 2 rings (SSSR count). The summed E-state index contributed by atoms with van der Waals surface area (Å²) < 4.78 is 50.9. The maximum absolute atomic E-state index is 13.3. The number of aryl methyl sites for hydroxylation is 1. The van der Waals surface area contributed by atoms with Gasteiger partial charge in [0.1, 0.15) is 17.5 Å². The highest BCUT2D eigenvalue weighted by atomic mass is 35.5. The van der Waals surface area contributed by atoms with Crippen molar-refractivity contribution >= 4 is 17.6 Å². The topological polar surface area (TPSA) is 81.8 Å². The van der Waals surface area contributed by atoms with Crippen molar-refractivity contribution in [2.75, 3.05) is 7.11 Å². The second-order valence-corrected chi connectivity index (χ2v) is 7.81. The number of ether oxygens (including phenoxy) is 2. The van der Waals surface area contributed by atoms with E-state index >= 15 is 0 Å². The molecule has 32 heavy (non-hydrogen) atoms. The number of methoxy groups -OCH3 is 1. The molecule has 0 radical (unpaired) electrons. The molecular formula is C23H27ClF3NO4. The van der Waals surface area contributed by atoms with Crippen LogP contribution in [-0.2, 0) is 22.4 Å². The number of nitrogens with two attached hydrogens (primary N) is 1. The summed E-state index contributed by atoms with van der Waals surface area (Å²) in [7, 11) is 1.21. The van der Waals surface area contributed by atoms with Gasteiger partial charge in [-0.1, -0.05) is 50.4 Å². The first-order valence-corrected chi connectivity index (χ1v) is 10.6. The third kappa shape index (κ3) is 5.86. The van der Waals surface area contributed by atoms with Crippen LogP contribution in [0.3, 0.4) is 0 Å². The molecule has 2 unspecified atom stereocenters. The Morgan fingerprint density at radius 2 is 1.75 bits per heavy atom. The van der Waals surface area contributed by atoms with E-state index in [2.05, 4.69) is 0 Å². The Morgan fingerprint density at radius 1 is 1.16 bits per heavy atom. The lowest BCUT2D eigenvalue weighted by Gasteiger charge is -2.26. The van der Waals surface area contributed by atoms with Gasteiger partial charge in [-0.05, 0) is 36.6 Å². The normalized spacial score (nSPS) is 13.5. The molecule has 0 heterocycles. The van der Waals surface area contributed by atoms with Gasteiger partial charge >= 0.3 is 12.1 Å². The summed E-state index contributed by atoms with van der Waals surface area (Å²) in [5.74, 6) is -1.12. The van der Waals surface area contributed by atoms with Crippen molar-refractivity contribution in [3.63, 3.8) is 0 Å². The summed E-state index contributed by atoms with van der Waals surface area (Å²) in [6.45, 7) is 3.67. The fourth-order valence-corrected chi connectivity index (χ4v) is 3.54. The Balaban J connectivity index is 2.69. The maximum Gasteiger partial charge on any atom is 0.407 e. The molecule has 0 saturated carbocycles. The minimum atomic E-state index is -4.73. The van der Waals surface area contributed by atoms with E-state index in [4.69, 9.17) is 26.8 Å². The van der Waals surface area contributed by atoms with E-state index < -0.39 is 35.6 Å². The number of phenolic OH excluding ortho intramolecular Hbond substituents is 1. The smallest absolute Gasteiger partial charge is 0.407 e. The van der Waals surface area contributed by atoms with Crippen molar-refractivity contribution in [1.82, 2.24) is 0 Å². The van der Waals surface area contributed by atoms with Gasteiger partial charge in [0.15, 0.2) is 0 Å². The minimum absolute atomic E-state index is 0.162. The molecular weight excluding hydrogens is 447 g/mol. The van der Waals surface area contributed by atoms with Crippen LogP contribution in [0.5, 0.6) is 11.5 Å². The number of phenols is 1. The molecule has 0 saturated heterocycles. The van der Waals surface area contributed by atoms with Crippen molar-refractivity contribution < 1.29 is 32.5 Å². The quantitative estimate of drug-likeness (QED) is 0.449. The molecule has 0 aromatic heterocycles. The van der Waals surface area contributed by atoms with E-state index in [1.165, 1.54) is 13.2 Å². The first kappa shape index (κ1) is 25.8. The van der Waals surface area contributed by atoms with E-state index in [1.54, 1.807) is 24.3 Å². The van der Waals surface area contributed by atoms with Crippen molar-refractivity contribution in [3.05, 3.63) is 57.6 Å². The number of carbonyl (C=O) groups is 1. The molecule has 0 aliphatic heterocycles. The molecule has 2 aromatic rings. The summed E-state index contributed by atoms with van der Waals surface area (Å²) in [5, 5.41) is 11.2. The highest BCUT2D eigenvalue weighted by molar-refractivity contribution is 6.30. The second-order valence-electron chi connectivity index (χ2n) is 7.37. The molecule has 3 N–H and O–H groups in total. The average Bonchev–Trinajstić information content (AvgIpc) is 2.74.